The van der Waals surface area contributed by atoms with Gasteiger partial charge in [0.2, 0.25) is 11.8 Å². The van der Waals surface area contributed by atoms with Crippen LogP contribution in [0.3, 0.4) is 0 Å². The largest absolute Gasteiger partial charge is 0.473 e. The van der Waals surface area contributed by atoms with Crippen molar-refractivity contribution in [3.63, 3.8) is 0 Å². The van der Waals surface area contributed by atoms with Gasteiger partial charge in [-0.25, -0.2) is 9.97 Å². The van der Waals surface area contributed by atoms with Crippen LogP contribution in [0.1, 0.15) is 30.7 Å². The fraction of sp³-hybridized carbons (Fsp3) is 0.222. The number of ether oxygens (including phenoxy) is 1. The molecule has 0 saturated carbocycles. The third-order valence-corrected chi connectivity index (χ3v) is 6.06. The molecule has 184 valence electrons. The Morgan fingerprint density at radius 1 is 1.06 bits per heavy atom. The number of hydrogen-bond donors (Lipinski definition) is 2. The molecular weight excluding hydrogens is 478 g/mol. The summed E-state index contributed by atoms with van der Waals surface area (Å²) in [6, 6.07) is 14.1. The molecule has 9 heteroatoms. The van der Waals surface area contributed by atoms with Crippen molar-refractivity contribution in [3.8, 4) is 28.5 Å². The van der Waals surface area contributed by atoms with E-state index >= 15 is 0 Å². The van der Waals surface area contributed by atoms with Crippen LogP contribution in [0.25, 0.3) is 22.6 Å². The number of halogens is 1. The molecule has 0 aliphatic carbocycles. The van der Waals surface area contributed by atoms with Crippen LogP contribution in [0.15, 0.2) is 65.7 Å². The average molecular weight is 504 g/mol. The second-order valence-electron chi connectivity index (χ2n) is 9.20. The van der Waals surface area contributed by atoms with Crippen molar-refractivity contribution in [2.75, 3.05) is 0 Å². The minimum absolute atomic E-state index is 0.313. The van der Waals surface area contributed by atoms with Crippen molar-refractivity contribution < 1.29 is 9.53 Å². The monoisotopic (exact) mass is 503 g/mol. The van der Waals surface area contributed by atoms with Crippen LogP contribution in [0, 0.1) is 12.3 Å². The van der Waals surface area contributed by atoms with E-state index in [1.54, 1.807) is 44.4 Å². The molecule has 1 aromatic carbocycles. The summed E-state index contributed by atoms with van der Waals surface area (Å²) in [5.41, 5.74) is 8.81. The number of rotatable bonds is 8. The van der Waals surface area contributed by atoms with Crippen LogP contribution in [0.5, 0.6) is 5.88 Å². The Kier molecular flexibility index (Phi) is 7.17. The van der Waals surface area contributed by atoms with E-state index < -0.39 is 11.3 Å². The first-order valence-corrected chi connectivity index (χ1v) is 11.7. The molecule has 0 fully saturated rings. The van der Waals surface area contributed by atoms with Gasteiger partial charge in [0.05, 0.1) is 10.7 Å². The molecule has 0 unspecified atom stereocenters. The molecule has 0 radical (unpaired) electrons. The van der Waals surface area contributed by atoms with Gasteiger partial charge in [0, 0.05) is 52.3 Å². The maximum absolute atomic E-state index is 12.5. The highest BCUT2D eigenvalue weighted by molar-refractivity contribution is 6.33. The highest BCUT2D eigenvalue weighted by Crippen LogP contribution is 2.30. The van der Waals surface area contributed by atoms with Crippen molar-refractivity contribution in [1.82, 2.24) is 19.9 Å². The third kappa shape index (κ3) is 5.95. The van der Waals surface area contributed by atoms with Crippen LogP contribution < -0.4 is 16.0 Å². The van der Waals surface area contributed by atoms with Gasteiger partial charge in [0.1, 0.15) is 12.4 Å². The minimum atomic E-state index is -0.737. The van der Waals surface area contributed by atoms with E-state index in [1.807, 2.05) is 31.2 Å². The summed E-state index contributed by atoms with van der Waals surface area (Å²) in [4.78, 5) is 40.2. The first kappa shape index (κ1) is 25.1. The SMILES string of the molecule is Cc1ccc(COc2ccc(-c3cc(=O)[nH]c(-c4cc(CC(C)(C)C(N)=O)ccc4Cl)n3)cn2)cn1. The molecule has 3 aromatic heterocycles. The zero-order valence-corrected chi connectivity index (χ0v) is 21.0. The molecule has 3 heterocycles. The standard InChI is InChI=1S/C27H26ClN5O3/c1-16-4-5-18(13-30-16)15-36-24-9-7-19(14-31-24)22-11-23(34)33-25(32-22)20-10-17(6-8-21(20)28)12-27(2,3)26(29)35/h4-11,13-14H,12,15H2,1-3H3,(H2,29,35)(H,32,33,34). The molecule has 4 rings (SSSR count). The Bertz CT molecular complexity index is 1450. The maximum Gasteiger partial charge on any atom is 0.251 e. The Labute approximate surface area is 213 Å². The minimum Gasteiger partial charge on any atom is -0.473 e. The third-order valence-electron chi connectivity index (χ3n) is 5.73. The normalized spacial score (nSPS) is 11.3. The summed E-state index contributed by atoms with van der Waals surface area (Å²) in [6.45, 7) is 5.83. The van der Waals surface area contributed by atoms with Crippen LogP contribution >= 0.6 is 11.6 Å². The van der Waals surface area contributed by atoms with E-state index in [2.05, 4.69) is 19.9 Å². The number of aryl methyl sites for hydroxylation is 1. The first-order valence-electron chi connectivity index (χ1n) is 11.3. The van der Waals surface area contributed by atoms with E-state index in [4.69, 9.17) is 22.1 Å². The number of benzene rings is 1. The lowest BCUT2D eigenvalue weighted by Crippen LogP contribution is -2.33. The number of aromatic nitrogens is 4. The van der Waals surface area contributed by atoms with Crippen molar-refractivity contribution in [1.29, 1.82) is 0 Å². The summed E-state index contributed by atoms with van der Waals surface area (Å²) in [5, 5.41) is 0.420. The zero-order valence-electron chi connectivity index (χ0n) is 20.2. The van der Waals surface area contributed by atoms with Crippen LogP contribution in [0.4, 0.5) is 0 Å². The Hall–Kier alpha value is -4.04. The van der Waals surface area contributed by atoms with Crippen LogP contribution in [-0.2, 0) is 17.8 Å². The maximum atomic E-state index is 12.5. The van der Waals surface area contributed by atoms with Crippen LogP contribution in [-0.4, -0.2) is 25.8 Å². The fourth-order valence-corrected chi connectivity index (χ4v) is 3.76. The molecule has 0 atom stereocenters. The number of pyridine rings is 2. The van der Waals surface area contributed by atoms with Crippen molar-refractivity contribution >= 4 is 17.5 Å². The van der Waals surface area contributed by atoms with Gasteiger partial charge in [0.25, 0.3) is 5.56 Å². The summed E-state index contributed by atoms with van der Waals surface area (Å²) in [6.07, 6.45) is 3.78. The molecule has 0 aliphatic heterocycles. The van der Waals surface area contributed by atoms with Gasteiger partial charge in [-0.2, -0.15) is 0 Å². The number of nitrogens with one attached hydrogen (secondary N) is 1. The lowest BCUT2D eigenvalue weighted by Gasteiger charge is -2.20. The van der Waals surface area contributed by atoms with E-state index in [-0.39, 0.29) is 5.56 Å². The van der Waals surface area contributed by atoms with Crippen molar-refractivity contribution in [3.05, 3.63) is 93.1 Å². The predicted octanol–water partition coefficient (Wildman–Crippen LogP) is 4.49. The lowest BCUT2D eigenvalue weighted by atomic mass is 9.85. The summed E-state index contributed by atoms with van der Waals surface area (Å²) in [5.74, 6) is 0.355. The zero-order chi connectivity index (χ0) is 25.9. The number of nitrogens with two attached hydrogens (primary N) is 1. The van der Waals surface area contributed by atoms with E-state index in [0.717, 1.165) is 16.8 Å². The molecule has 0 spiro atoms. The molecule has 0 aliphatic rings. The lowest BCUT2D eigenvalue weighted by molar-refractivity contribution is -0.125. The van der Waals surface area contributed by atoms with Gasteiger partial charge in [-0.1, -0.05) is 37.6 Å². The number of amides is 1. The predicted molar refractivity (Wildman–Crippen MR) is 139 cm³/mol. The Morgan fingerprint density at radius 2 is 1.83 bits per heavy atom. The second kappa shape index (κ2) is 10.3. The van der Waals surface area contributed by atoms with Gasteiger partial charge in [-0.3, -0.25) is 14.6 Å². The number of H-pyrrole nitrogens is 1. The first-order chi connectivity index (χ1) is 17.1. The van der Waals surface area contributed by atoms with Gasteiger partial charge >= 0.3 is 0 Å². The summed E-state index contributed by atoms with van der Waals surface area (Å²) in [7, 11) is 0. The highest BCUT2D eigenvalue weighted by Gasteiger charge is 2.25. The molecule has 0 saturated heterocycles. The molecule has 3 N–H and O–H groups in total. The van der Waals surface area contributed by atoms with E-state index in [0.29, 0.717) is 46.6 Å². The molecule has 1 amide bonds. The quantitative estimate of drug-likeness (QED) is 0.365. The number of aromatic amines is 1. The van der Waals surface area contributed by atoms with Crippen molar-refractivity contribution in [2.45, 2.75) is 33.8 Å². The van der Waals surface area contributed by atoms with Crippen molar-refractivity contribution in [2.24, 2.45) is 11.1 Å². The smallest absolute Gasteiger partial charge is 0.251 e. The second-order valence-corrected chi connectivity index (χ2v) is 9.61. The molecule has 0 bridgehead atoms. The number of hydrogen-bond acceptors (Lipinski definition) is 6. The van der Waals surface area contributed by atoms with Gasteiger partial charge < -0.3 is 15.5 Å². The topological polar surface area (TPSA) is 124 Å². The number of nitrogens with zero attached hydrogens (tertiary/aromatic N) is 3. The van der Waals surface area contributed by atoms with Gasteiger partial charge in [-0.05, 0) is 43.2 Å². The van der Waals surface area contributed by atoms with Crippen LogP contribution in [0.2, 0.25) is 5.02 Å². The Balaban J connectivity index is 1.57. The molecule has 8 nitrogen and oxygen atoms in total. The molecular formula is C27H26ClN5O3. The van der Waals surface area contributed by atoms with E-state index in [9.17, 15) is 9.59 Å². The number of carbonyl (C=O) groups excluding carboxylic acids is 1. The van der Waals surface area contributed by atoms with E-state index in [1.165, 1.54) is 6.07 Å². The molecule has 36 heavy (non-hydrogen) atoms. The number of primary amides is 1. The highest BCUT2D eigenvalue weighted by atomic mass is 35.5. The fourth-order valence-electron chi connectivity index (χ4n) is 3.55. The van der Waals surface area contributed by atoms with Gasteiger partial charge in [-0.15, -0.1) is 0 Å². The summed E-state index contributed by atoms with van der Waals surface area (Å²) < 4.78 is 5.74. The average Bonchev–Trinajstić information content (AvgIpc) is 2.84. The van der Waals surface area contributed by atoms with Gasteiger partial charge in [0.15, 0.2) is 0 Å². The number of carbonyl (C=O) groups is 1. The molecule has 4 aromatic rings. The summed E-state index contributed by atoms with van der Waals surface area (Å²) >= 11 is 6.44. The Morgan fingerprint density at radius 3 is 2.50 bits per heavy atom.